The zero-order valence-corrected chi connectivity index (χ0v) is 15.5. The van der Waals surface area contributed by atoms with Crippen LogP contribution in [0, 0.1) is 0 Å². The van der Waals surface area contributed by atoms with Gasteiger partial charge in [-0.05, 0) is 56.2 Å². The van der Waals surface area contributed by atoms with Crippen LogP contribution in [0.4, 0.5) is 8.78 Å². The van der Waals surface area contributed by atoms with E-state index in [4.69, 9.17) is 9.47 Å². The summed E-state index contributed by atoms with van der Waals surface area (Å²) in [5.41, 5.74) is 1.91. The smallest absolute Gasteiger partial charge is 0.387 e. The summed E-state index contributed by atoms with van der Waals surface area (Å²) in [7, 11) is 1.42. The Hall–Kier alpha value is -2.34. The SMILES string of the molecule is COc1ccc(CNC(C)c2cccc(OC(C)C)c2)cc1OC(F)F. The van der Waals surface area contributed by atoms with Gasteiger partial charge in [-0.15, -0.1) is 0 Å². The van der Waals surface area contributed by atoms with Crippen LogP contribution < -0.4 is 19.5 Å². The lowest BCUT2D eigenvalue weighted by Gasteiger charge is -2.17. The molecule has 142 valence electrons. The standard InChI is InChI=1S/C20H25F2NO3/c1-13(2)25-17-7-5-6-16(11-17)14(3)23-12-15-8-9-18(24-4)19(10-15)26-20(21)22/h5-11,13-14,20,23H,12H2,1-4H3. The maximum absolute atomic E-state index is 12.5. The summed E-state index contributed by atoms with van der Waals surface area (Å²) in [6, 6.07) is 12.9. The highest BCUT2D eigenvalue weighted by Crippen LogP contribution is 2.29. The lowest BCUT2D eigenvalue weighted by molar-refractivity contribution is -0.0512. The third kappa shape index (κ3) is 5.88. The maximum Gasteiger partial charge on any atom is 0.387 e. The second-order valence-electron chi connectivity index (χ2n) is 6.21. The van der Waals surface area contributed by atoms with Crippen LogP contribution in [-0.4, -0.2) is 19.8 Å². The fourth-order valence-electron chi connectivity index (χ4n) is 2.54. The van der Waals surface area contributed by atoms with Gasteiger partial charge < -0.3 is 19.5 Å². The monoisotopic (exact) mass is 365 g/mol. The molecular formula is C20H25F2NO3. The van der Waals surface area contributed by atoms with Gasteiger partial charge in [0.15, 0.2) is 11.5 Å². The Morgan fingerprint density at radius 1 is 0.962 bits per heavy atom. The first-order chi connectivity index (χ1) is 12.4. The molecule has 0 amide bonds. The highest BCUT2D eigenvalue weighted by atomic mass is 19.3. The summed E-state index contributed by atoms with van der Waals surface area (Å²) < 4.78 is 40.3. The molecule has 1 atom stereocenters. The largest absolute Gasteiger partial charge is 0.493 e. The number of alkyl halides is 2. The number of halogens is 2. The minimum absolute atomic E-state index is 0.0294. The van der Waals surface area contributed by atoms with E-state index in [0.29, 0.717) is 6.54 Å². The highest BCUT2D eigenvalue weighted by molar-refractivity contribution is 5.43. The number of ether oxygens (including phenoxy) is 3. The molecule has 0 saturated heterocycles. The molecule has 2 aromatic rings. The predicted octanol–water partition coefficient (Wildman–Crippen LogP) is 4.93. The molecule has 0 spiro atoms. The molecule has 0 aromatic heterocycles. The van der Waals surface area contributed by atoms with Crippen molar-refractivity contribution in [1.82, 2.24) is 5.32 Å². The topological polar surface area (TPSA) is 39.7 Å². The Morgan fingerprint density at radius 3 is 2.38 bits per heavy atom. The molecule has 2 aromatic carbocycles. The van der Waals surface area contributed by atoms with Gasteiger partial charge in [0.25, 0.3) is 0 Å². The second-order valence-corrected chi connectivity index (χ2v) is 6.21. The molecule has 2 rings (SSSR count). The average Bonchev–Trinajstić information content (AvgIpc) is 2.59. The molecule has 1 N–H and O–H groups in total. The summed E-state index contributed by atoms with van der Waals surface area (Å²) in [5.74, 6) is 1.13. The first-order valence-corrected chi connectivity index (χ1v) is 8.50. The van der Waals surface area contributed by atoms with Crippen LogP contribution in [0.1, 0.15) is 37.9 Å². The van der Waals surface area contributed by atoms with Crippen LogP contribution in [0.25, 0.3) is 0 Å². The van der Waals surface area contributed by atoms with Crippen molar-refractivity contribution in [3.63, 3.8) is 0 Å². The number of hydrogen-bond acceptors (Lipinski definition) is 4. The Bertz CT molecular complexity index is 707. The van der Waals surface area contributed by atoms with Crippen molar-refractivity contribution in [1.29, 1.82) is 0 Å². The number of benzene rings is 2. The molecule has 1 unspecified atom stereocenters. The Kier molecular flexibility index (Phi) is 7.21. The van der Waals surface area contributed by atoms with Gasteiger partial charge in [-0.3, -0.25) is 0 Å². The van der Waals surface area contributed by atoms with E-state index in [-0.39, 0.29) is 23.6 Å². The number of nitrogens with one attached hydrogen (secondary N) is 1. The number of methoxy groups -OCH3 is 1. The molecule has 0 saturated carbocycles. The van der Waals surface area contributed by atoms with Crippen molar-refractivity contribution >= 4 is 0 Å². The summed E-state index contributed by atoms with van der Waals surface area (Å²) in [5, 5.41) is 3.37. The normalized spacial score (nSPS) is 12.3. The van der Waals surface area contributed by atoms with E-state index >= 15 is 0 Å². The summed E-state index contributed by atoms with van der Waals surface area (Å²) in [6.45, 7) is 3.61. The van der Waals surface area contributed by atoms with E-state index < -0.39 is 6.61 Å². The van der Waals surface area contributed by atoms with E-state index in [1.165, 1.54) is 7.11 Å². The van der Waals surface area contributed by atoms with Crippen LogP contribution >= 0.6 is 0 Å². The lowest BCUT2D eigenvalue weighted by Crippen LogP contribution is -2.18. The van der Waals surface area contributed by atoms with E-state index in [1.807, 2.05) is 51.1 Å². The summed E-state index contributed by atoms with van der Waals surface area (Å²) >= 11 is 0. The molecule has 26 heavy (non-hydrogen) atoms. The quantitative estimate of drug-likeness (QED) is 0.684. The zero-order valence-electron chi connectivity index (χ0n) is 15.5. The van der Waals surface area contributed by atoms with Gasteiger partial charge >= 0.3 is 6.61 Å². The third-order valence-corrected chi connectivity index (χ3v) is 3.79. The van der Waals surface area contributed by atoms with Gasteiger partial charge in [-0.2, -0.15) is 8.78 Å². The molecule has 0 aliphatic heterocycles. The Labute approximate surface area is 153 Å². The van der Waals surface area contributed by atoms with Crippen LogP contribution in [0.2, 0.25) is 0 Å². The molecule has 4 nitrogen and oxygen atoms in total. The van der Waals surface area contributed by atoms with Crippen molar-refractivity contribution in [3.05, 3.63) is 53.6 Å². The summed E-state index contributed by atoms with van der Waals surface area (Å²) in [6.07, 6.45) is 0.112. The van der Waals surface area contributed by atoms with Crippen molar-refractivity contribution < 1.29 is 23.0 Å². The van der Waals surface area contributed by atoms with Gasteiger partial charge in [-0.1, -0.05) is 18.2 Å². The Balaban J connectivity index is 2.03. The van der Waals surface area contributed by atoms with Crippen LogP contribution in [-0.2, 0) is 6.54 Å². The van der Waals surface area contributed by atoms with Crippen molar-refractivity contribution in [3.8, 4) is 17.2 Å². The van der Waals surface area contributed by atoms with Gasteiger partial charge in [0.05, 0.1) is 13.2 Å². The minimum Gasteiger partial charge on any atom is -0.493 e. The van der Waals surface area contributed by atoms with Gasteiger partial charge in [0, 0.05) is 12.6 Å². The molecular weight excluding hydrogens is 340 g/mol. The second kappa shape index (κ2) is 9.38. The zero-order chi connectivity index (χ0) is 19.1. The van der Waals surface area contributed by atoms with Crippen LogP contribution in [0.5, 0.6) is 17.2 Å². The summed E-state index contributed by atoms with van der Waals surface area (Å²) in [4.78, 5) is 0. The fraction of sp³-hybridized carbons (Fsp3) is 0.400. The molecule has 0 aliphatic rings. The minimum atomic E-state index is -2.89. The highest BCUT2D eigenvalue weighted by Gasteiger charge is 2.12. The molecule has 6 heteroatoms. The molecule has 0 radical (unpaired) electrons. The van der Waals surface area contributed by atoms with Crippen molar-refractivity contribution in [2.75, 3.05) is 7.11 Å². The fourth-order valence-corrected chi connectivity index (χ4v) is 2.54. The van der Waals surface area contributed by atoms with E-state index in [9.17, 15) is 8.78 Å². The van der Waals surface area contributed by atoms with Crippen LogP contribution in [0.3, 0.4) is 0 Å². The van der Waals surface area contributed by atoms with Gasteiger partial charge in [-0.25, -0.2) is 0 Å². The van der Waals surface area contributed by atoms with Crippen molar-refractivity contribution in [2.45, 2.75) is 46.1 Å². The predicted molar refractivity (Wildman–Crippen MR) is 97.1 cm³/mol. The van der Waals surface area contributed by atoms with E-state index in [2.05, 4.69) is 10.1 Å². The van der Waals surface area contributed by atoms with Crippen molar-refractivity contribution in [2.24, 2.45) is 0 Å². The molecule has 0 aliphatic carbocycles. The number of hydrogen-bond donors (Lipinski definition) is 1. The van der Waals surface area contributed by atoms with Gasteiger partial charge in [0.2, 0.25) is 0 Å². The maximum atomic E-state index is 12.5. The molecule has 0 fully saturated rings. The third-order valence-electron chi connectivity index (χ3n) is 3.79. The van der Waals surface area contributed by atoms with E-state index in [0.717, 1.165) is 16.9 Å². The Morgan fingerprint density at radius 2 is 1.73 bits per heavy atom. The average molecular weight is 365 g/mol. The van der Waals surface area contributed by atoms with Gasteiger partial charge in [0.1, 0.15) is 5.75 Å². The number of rotatable bonds is 9. The molecule has 0 heterocycles. The molecule has 0 bridgehead atoms. The van der Waals surface area contributed by atoms with Crippen LogP contribution in [0.15, 0.2) is 42.5 Å². The van der Waals surface area contributed by atoms with E-state index in [1.54, 1.807) is 12.1 Å². The first-order valence-electron chi connectivity index (χ1n) is 8.50. The lowest BCUT2D eigenvalue weighted by atomic mass is 10.1. The first kappa shape index (κ1) is 20.0.